The fourth-order valence-corrected chi connectivity index (χ4v) is 6.44. The normalized spacial score (nSPS) is 11.5. The first kappa shape index (κ1) is 24.5. The van der Waals surface area contributed by atoms with Crippen LogP contribution >= 0.6 is 34.5 Å². The number of benzene rings is 3. The Morgan fingerprint density at radius 2 is 1.74 bits per heavy atom. The molecule has 4 aromatic rings. The van der Waals surface area contributed by atoms with Crippen LogP contribution in [0.25, 0.3) is 10.1 Å². The number of halogens is 2. The van der Waals surface area contributed by atoms with Crippen molar-refractivity contribution in [3.63, 3.8) is 0 Å². The zero-order valence-corrected chi connectivity index (χ0v) is 21.7. The van der Waals surface area contributed by atoms with Gasteiger partial charge in [0.25, 0.3) is 15.9 Å². The summed E-state index contributed by atoms with van der Waals surface area (Å²) in [6, 6.07) is 18.9. The lowest BCUT2D eigenvalue weighted by atomic mass is 10.2. The molecule has 176 valence electrons. The quantitative estimate of drug-likeness (QED) is 0.270. The third-order valence-electron chi connectivity index (χ3n) is 5.23. The summed E-state index contributed by atoms with van der Waals surface area (Å²) in [5.41, 5.74) is 2.01. The average Bonchev–Trinajstić information content (AvgIpc) is 3.23. The lowest BCUT2D eigenvalue weighted by Crippen LogP contribution is -2.31. The minimum atomic E-state index is -3.73. The highest BCUT2D eigenvalue weighted by molar-refractivity contribution is 7.92. The van der Waals surface area contributed by atoms with E-state index in [1.165, 1.54) is 15.6 Å². The molecule has 1 aromatic heterocycles. The van der Waals surface area contributed by atoms with E-state index in [4.69, 9.17) is 23.2 Å². The fourth-order valence-electron chi connectivity index (χ4n) is 3.50. The number of aryl methyl sites for hydroxylation is 1. The van der Waals surface area contributed by atoms with Crippen LogP contribution in [-0.2, 0) is 10.0 Å². The molecule has 34 heavy (non-hydrogen) atoms. The van der Waals surface area contributed by atoms with Crippen LogP contribution in [-0.4, -0.2) is 20.9 Å². The second kappa shape index (κ2) is 9.96. The second-order valence-electron chi connectivity index (χ2n) is 7.80. The van der Waals surface area contributed by atoms with E-state index >= 15 is 0 Å². The molecule has 1 heterocycles. The number of amides is 1. The lowest BCUT2D eigenvalue weighted by Gasteiger charge is -2.24. The summed E-state index contributed by atoms with van der Waals surface area (Å²) in [7, 11) is -3.73. The molecule has 1 N–H and O–H groups in total. The third kappa shape index (κ3) is 5.08. The zero-order chi connectivity index (χ0) is 24.5. The van der Waals surface area contributed by atoms with Gasteiger partial charge in [-0.2, -0.15) is 0 Å². The van der Waals surface area contributed by atoms with Crippen LogP contribution in [0.15, 0.2) is 71.6 Å². The Kier molecular flexibility index (Phi) is 7.19. The summed E-state index contributed by atoms with van der Waals surface area (Å²) in [5, 5.41) is 4.41. The first-order valence-corrected chi connectivity index (χ1v) is 13.6. The number of nitrogens with one attached hydrogen (secondary N) is 1. The molecule has 0 spiro atoms. The Bertz CT molecular complexity index is 1470. The molecule has 0 radical (unpaired) electrons. The van der Waals surface area contributed by atoms with Crippen molar-refractivity contribution in [3.8, 4) is 0 Å². The molecule has 0 atom stereocenters. The molecule has 0 unspecified atom stereocenters. The number of fused-ring (bicyclic) bond motifs is 1. The van der Waals surface area contributed by atoms with Crippen LogP contribution in [0.4, 0.5) is 11.4 Å². The van der Waals surface area contributed by atoms with Crippen LogP contribution in [0.5, 0.6) is 0 Å². The summed E-state index contributed by atoms with van der Waals surface area (Å²) in [4.78, 5) is 13.5. The van der Waals surface area contributed by atoms with Crippen molar-refractivity contribution in [2.75, 3.05) is 16.2 Å². The molecule has 1 amide bonds. The van der Waals surface area contributed by atoms with Gasteiger partial charge in [-0.1, -0.05) is 47.8 Å². The van der Waals surface area contributed by atoms with Crippen molar-refractivity contribution in [1.82, 2.24) is 0 Å². The molecule has 0 bridgehead atoms. The highest BCUT2D eigenvalue weighted by Gasteiger charge is 2.25. The fraction of sp³-hybridized carbons (Fsp3) is 0.160. The lowest BCUT2D eigenvalue weighted by molar-refractivity contribution is 0.103. The maximum absolute atomic E-state index is 13.4. The van der Waals surface area contributed by atoms with Crippen molar-refractivity contribution >= 4 is 71.9 Å². The topological polar surface area (TPSA) is 66.5 Å². The molecule has 0 aliphatic carbocycles. The Morgan fingerprint density at radius 1 is 1.00 bits per heavy atom. The first-order chi connectivity index (χ1) is 16.2. The Balaban J connectivity index is 1.65. The second-order valence-corrected chi connectivity index (χ2v) is 11.6. The van der Waals surface area contributed by atoms with Gasteiger partial charge in [-0.05, 0) is 73.3 Å². The number of nitrogens with zero attached hydrogens (tertiary/aromatic N) is 1. The Labute approximate surface area is 213 Å². The maximum Gasteiger partial charge on any atom is 0.265 e. The molecule has 4 rings (SSSR count). The molecule has 5 nitrogen and oxygen atoms in total. The van der Waals surface area contributed by atoms with Crippen LogP contribution in [0.3, 0.4) is 0 Å². The largest absolute Gasteiger partial charge is 0.320 e. The van der Waals surface area contributed by atoms with Gasteiger partial charge >= 0.3 is 0 Å². The minimum Gasteiger partial charge on any atom is -0.320 e. The number of carbonyl (C=O) groups is 1. The average molecular weight is 534 g/mol. The van der Waals surface area contributed by atoms with Gasteiger partial charge in [-0.15, -0.1) is 11.3 Å². The molecule has 0 aliphatic rings. The number of rotatable bonds is 7. The Morgan fingerprint density at radius 3 is 2.41 bits per heavy atom. The summed E-state index contributed by atoms with van der Waals surface area (Å²) in [6.45, 7) is 4.19. The van der Waals surface area contributed by atoms with Crippen molar-refractivity contribution in [3.05, 3.63) is 87.2 Å². The van der Waals surface area contributed by atoms with E-state index in [0.29, 0.717) is 39.3 Å². The van der Waals surface area contributed by atoms with Crippen LogP contribution in [0.2, 0.25) is 10.0 Å². The van der Waals surface area contributed by atoms with E-state index in [0.717, 1.165) is 15.6 Å². The molecule has 0 saturated heterocycles. The summed E-state index contributed by atoms with van der Waals surface area (Å²) < 4.78 is 29.1. The summed E-state index contributed by atoms with van der Waals surface area (Å²) in [5.74, 6) is -0.301. The van der Waals surface area contributed by atoms with Crippen molar-refractivity contribution < 1.29 is 13.2 Å². The van der Waals surface area contributed by atoms with E-state index in [-0.39, 0.29) is 10.8 Å². The predicted octanol–water partition coefficient (Wildman–Crippen LogP) is 7.37. The molecule has 0 saturated carbocycles. The highest BCUT2D eigenvalue weighted by Crippen LogP contribution is 2.33. The van der Waals surface area contributed by atoms with Gasteiger partial charge in [0.2, 0.25) is 0 Å². The van der Waals surface area contributed by atoms with Gasteiger partial charge in [0.15, 0.2) is 0 Å². The standard InChI is InChI=1S/C25H22Cl2N2O3S2/c1-3-12-29(34(31,32)20-8-4-16(2)5-9-20)19-7-11-23-17(13-19)14-24(33-23)25(30)28-22-10-6-18(26)15-21(22)27/h4-11,13-15H,3,12H2,1-2H3,(H,28,30). The van der Waals surface area contributed by atoms with Crippen molar-refractivity contribution in [2.45, 2.75) is 25.2 Å². The third-order valence-corrected chi connectivity index (χ3v) is 8.73. The molecule has 3 aromatic carbocycles. The summed E-state index contributed by atoms with van der Waals surface area (Å²) in [6.07, 6.45) is 0.655. The number of carbonyl (C=O) groups excluding carboxylic acids is 1. The molecule has 0 fully saturated rings. The SMILES string of the molecule is CCCN(c1ccc2sc(C(=O)Nc3ccc(Cl)cc3Cl)cc2c1)S(=O)(=O)c1ccc(C)cc1. The number of sulfonamides is 1. The molecular weight excluding hydrogens is 511 g/mol. The van der Waals surface area contributed by atoms with E-state index in [1.807, 2.05) is 19.9 Å². The van der Waals surface area contributed by atoms with E-state index in [9.17, 15) is 13.2 Å². The minimum absolute atomic E-state index is 0.247. The van der Waals surface area contributed by atoms with Gasteiger partial charge in [0.05, 0.1) is 26.2 Å². The van der Waals surface area contributed by atoms with E-state index in [1.54, 1.807) is 60.7 Å². The number of hydrogen-bond donors (Lipinski definition) is 1. The van der Waals surface area contributed by atoms with Crippen LogP contribution < -0.4 is 9.62 Å². The zero-order valence-electron chi connectivity index (χ0n) is 18.5. The number of thiophene rings is 1. The maximum atomic E-state index is 13.4. The van der Waals surface area contributed by atoms with E-state index < -0.39 is 10.0 Å². The highest BCUT2D eigenvalue weighted by atomic mass is 35.5. The van der Waals surface area contributed by atoms with Crippen LogP contribution in [0, 0.1) is 6.92 Å². The number of anilines is 2. The number of hydrogen-bond acceptors (Lipinski definition) is 4. The van der Waals surface area contributed by atoms with E-state index in [2.05, 4.69) is 5.32 Å². The van der Waals surface area contributed by atoms with Crippen molar-refractivity contribution in [1.29, 1.82) is 0 Å². The van der Waals surface area contributed by atoms with Gasteiger partial charge in [-0.3, -0.25) is 9.10 Å². The van der Waals surface area contributed by atoms with Gasteiger partial charge in [-0.25, -0.2) is 8.42 Å². The Hall–Kier alpha value is -2.58. The van der Waals surface area contributed by atoms with Crippen LogP contribution in [0.1, 0.15) is 28.6 Å². The van der Waals surface area contributed by atoms with Gasteiger partial charge in [0.1, 0.15) is 0 Å². The monoisotopic (exact) mass is 532 g/mol. The molecule has 0 aliphatic heterocycles. The summed E-state index contributed by atoms with van der Waals surface area (Å²) >= 11 is 13.4. The van der Waals surface area contributed by atoms with Gasteiger partial charge in [0, 0.05) is 16.3 Å². The first-order valence-electron chi connectivity index (χ1n) is 10.6. The molecule has 9 heteroatoms. The van der Waals surface area contributed by atoms with Crippen molar-refractivity contribution in [2.24, 2.45) is 0 Å². The smallest absolute Gasteiger partial charge is 0.265 e. The molecular formula is C25H22Cl2N2O3S2. The van der Waals surface area contributed by atoms with Gasteiger partial charge < -0.3 is 5.32 Å². The predicted molar refractivity (Wildman–Crippen MR) is 142 cm³/mol.